The second kappa shape index (κ2) is 7.66. The smallest absolute Gasteiger partial charge is 0.254 e. The lowest BCUT2D eigenvalue weighted by Gasteiger charge is -2.26. The van der Waals surface area contributed by atoms with Crippen LogP contribution in [-0.2, 0) is 11.3 Å². The number of hydrogen-bond donors (Lipinski definition) is 2. The van der Waals surface area contributed by atoms with E-state index < -0.39 is 5.82 Å². The SMILES string of the molecule is N#Cc1cc(F)ccc1NCc1ccc(C(=O)N2CCNC(=O)C2)cc1. The van der Waals surface area contributed by atoms with E-state index in [1.54, 1.807) is 24.3 Å². The fourth-order valence-electron chi connectivity index (χ4n) is 2.72. The summed E-state index contributed by atoms with van der Waals surface area (Å²) in [6, 6.07) is 13.0. The first-order valence-electron chi connectivity index (χ1n) is 8.15. The maximum Gasteiger partial charge on any atom is 0.254 e. The summed E-state index contributed by atoms with van der Waals surface area (Å²) in [6.45, 7) is 1.46. The van der Waals surface area contributed by atoms with Gasteiger partial charge in [0.2, 0.25) is 5.91 Å². The first kappa shape index (κ1) is 17.4. The Morgan fingerprint density at radius 2 is 2.04 bits per heavy atom. The van der Waals surface area contributed by atoms with Gasteiger partial charge in [-0.25, -0.2) is 4.39 Å². The highest BCUT2D eigenvalue weighted by atomic mass is 19.1. The van der Waals surface area contributed by atoms with Crippen LogP contribution in [0.25, 0.3) is 0 Å². The fourth-order valence-corrected chi connectivity index (χ4v) is 2.72. The van der Waals surface area contributed by atoms with Crippen LogP contribution in [0.1, 0.15) is 21.5 Å². The Morgan fingerprint density at radius 3 is 2.73 bits per heavy atom. The number of halogens is 1. The number of carbonyl (C=O) groups is 2. The van der Waals surface area contributed by atoms with Gasteiger partial charge in [-0.15, -0.1) is 0 Å². The number of rotatable bonds is 4. The molecule has 2 aromatic carbocycles. The van der Waals surface area contributed by atoms with Gasteiger partial charge in [-0.1, -0.05) is 12.1 Å². The minimum absolute atomic E-state index is 0.0731. The molecule has 2 aromatic rings. The molecule has 1 saturated heterocycles. The molecule has 2 amide bonds. The molecule has 0 saturated carbocycles. The number of nitriles is 1. The molecule has 0 unspecified atom stereocenters. The molecule has 0 aliphatic carbocycles. The summed E-state index contributed by atoms with van der Waals surface area (Å²) in [7, 11) is 0. The molecule has 26 heavy (non-hydrogen) atoms. The number of piperazine rings is 1. The van der Waals surface area contributed by atoms with E-state index in [4.69, 9.17) is 5.26 Å². The van der Waals surface area contributed by atoms with Gasteiger partial charge in [0.1, 0.15) is 11.9 Å². The van der Waals surface area contributed by atoms with Gasteiger partial charge < -0.3 is 15.5 Å². The van der Waals surface area contributed by atoms with E-state index in [2.05, 4.69) is 10.6 Å². The molecular weight excluding hydrogens is 335 g/mol. The Bertz CT molecular complexity index is 874. The zero-order valence-corrected chi connectivity index (χ0v) is 14.0. The van der Waals surface area contributed by atoms with Gasteiger partial charge >= 0.3 is 0 Å². The summed E-state index contributed by atoms with van der Waals surface area (Å²) in [4.78, 5) is 25.3. The summed E-state index contributed by atoms with van der Waals surface area (Å²) in [5.41, 5.74) is 2.21. The largest absolute Gasteiger partial charge is 0.380 e. The van der Waals surface area contributed by atoms with Gasteiger partial charge in [0.25, 0.3) is 5.91 Å². The molecule has 1 fully saturated rings. The van der Waals surface area contributed by atoms with Crippen molar-refractivity contribution in [1.82, 2.24) is 10.2 Å². The van der Waals surface area contributed by atoms with Crippen molar-refractivity contribution in [1.29, 1.82) is 5.26 Å². The number of nitrogens with zero attached hydrogens (tertiary/aromatic N) is 2. The Kier molecular flexibility index (Phi) is 5.13. The third-order valence-electron chi connectivity index (χ3n) is 4.11. The maximum atomic E-state index is 13.2. The molecule has 3 rings (SSSR count). The van der Waals surface area contributed by atoms with Crippen molar-refractivity contribution in [2.45, 2.75) is 6.54 Å². The van der Waals surface area contributed by atoms with Crippen LogP contribution >= 0.6 is 0 Å². The standard InChI is InChI=1S/C19H17FN4O2/c20-16-5-6-17(15(9-16)10-21)23-11-13-1-3-14(4-2-13)19(26)24-8-7-22-18(25)12-24/h1-6,9,23H,7-8,11-12H2,(H,22,25). The minimum atomic E-state index is -0.457. The normalized spacial score (nSPS) is 13.7. The third-order valence-corrected chi connectivity index (χ3v) is 4.11. The first-order valence-corrected chi connectivity index (χ1v) is 8.15. The highest BCUT2D eigenvalue weighted by Crippen LogP contribution is 2.17. The predicted octanol–water partition coefficient (Wildman–Crippen LogP) is 1.88. The number of amides is 2. The average molecular weight is 352 g/mol. The van der Waals surface area contributed by atoms with Gasteiger partial charge in [-0.2, -0.15) is 5.26 Å². The molecule has 6 nitrogen and oxygen atoms in total. The molecular formula is C19H17FN4O2. The van der Waals surface area contributed by atoms with E-state index >= 15 is 0 Å². The molecule has 1 aliphatic heterocycles. The zero-order chi connectivity index (χ0) is 18.5. The molecule has 0 radical (unpaired) electrons. The lowest BCUT2D eigenvalue weighted by atomic mass is 10.1. The van der Waals surface area contributed by atoms with Crippen LogP contribution < -0.4 is 10.6 Å². The van der Waals surface area contributed by atoms with E-state index in [0.717, 1.165) is 5.56 Å². The number of carbonyl (C=O) groups excluding carboxylic acids is 2. The number of benzene rings is 2. The van der Waals surface area contributed by atoms with Crippen LogP contribution in [-0.4, -0.2) is 36.3 Å². The van der Waals surface area contributed by atoms with Crippen molar-refractivity contribution < 1.29 is 14.0 Å². The third kappa shape index (κ3) is 3.98. The molecule has 1 heterocycles. The number of nitrogens with one attached hydrogen (secondary N) is 2. The first-order chi connectivity index (χ1) is 12.6. The lowest BCUT2D eigenvalue weighted by Crippen LogP contribution is -2.49. The van der Waals surface area contributed by atoms with Crippen LogP contribution in [0.2, 0.25) is 0 Å². The molecule has 7 heteroatoms. The Balaban J connectivity index is 1.64. The van der Waals surface area contributed by atoms with Crippen molar-refractivity contribution in [3.8, 4) is 6.07 Å². The summed E-state index contributed by atoms with van der Waals surface area (Å²) in [6.07, 6.45) is 0. The lowest BCUT2D eigenvalue weighted by molar-refractivity contribution is -0.123. The second-order valence-electron chi connectivity index (χ2n) is 5.93. The van der Waals surface area contributed by atoms with Gasteiger partial charge in [-0.3, -0.25) is 9.59 Å². The van der Waals surface area contributed by atoms with E-state index in [0.29, 0.717) is 30.9 Å². The predicted molar refractivity (Wildman–Crippen MR) is 93.8 cm³/mol. The maximum absolute atomic E-state index is 13.2. The Morgan fingerprint density at radius 1 is 1.27 bits per heavy atom. The van der Waals surface area contributed by atoms with E-state index in [1.807, 2.05) is 6.07 Å². The molecule has 0 aromatic heterocycles. The molecule has 0 bridgehead atoms. The van der Waals surface area contributed by atoms with Crippen LogP contribution in [0.3, 0.4) is 0 Å². The Hall–Kier alpha value is -3.40. The van der Waals surface area contributed by atoms with Crippen LogP contribution in [0.5, 0.6) is 0 Å². The highest BCUT2D eigenvalue weighted by molar-refractivity contribution is 5.97. The van der Waals surface area contributed by atoms with Crippen molar-refractivity contribution in [2.75, 3.05) is 25.0 Å². The van der Waals surface area contributed by atoms with Crippen molar-refractivity contribution in [3.63, 3.8) is 0 Å². The number of hydrogen-bond acceptors (Lipinski definition) is 4. The summed E-state index contributed by atoms with van der Waals surface area (Å²) in [5.74, 6) is -0.788. The van der Waals surface area contributed by atoms with Gasteiger partial charge in [0.15, 0.2) is 0 Å². The number of anilines is 1. The summed E-state index contributed by atoms with van der Waals surface area (Å²) in [5, 5.41) is 14.8. The quantitative estimate of drug-likeness (QED) is 0.880. The van der Waals surface area contributed by atoms with Crippen molar-refractivity contribution in [3.05, 3.63) is 65.0 Å². The molecule has 1 aliphatic rings. The monoisotopic (exact) mass is 352 g/mol. The van der Waals surface area contributed by atoms with E-state index in [9.17, 15) is 14.0 Å². The van der Waals surface area contributed by atoms with Crippen molar-refractivity contribution in [2.24, 2.45) is 0 Å². The van der Waals surface area contributed by atoms with Crippen molar-refractivity contribution >= 4 is 17.5 Å². The summed E-state index contributed by atoms with van der Waals surface area (Å²) >= 11 is 0. The molecule has 0 atom stereocenters. The Labute approximate surface area is 150 Å². The zero-order valence-electron chi connectivity index (χ0n) is 14.0. The van der Waals surface area contributed by atoms with E-state index in [1.165, 1.54) is 23.1 Å². The molecule has 132 valence electrons. The minimum Gasteiger partial charge on any atom is -0.380 e. The highest BCUT2D eigenvalue weighted by Gasteiger charge is 2.22. The van der Waals surface area contributed by atoms with Crippen LogP contribution in [0.4, 0.5) is 10.1 Å². The van der Waals surface area contributed by atoms with Gasteiger partial charge in [0, 0.05) is 25.2 Å². The summed E-state index contributed by atoms with van der Waals surface area (Å²) < 4.78 is 13.2. The average Bonchev–Trinajstić information content (AvgIpc) is 2.66. The second-order valence-corrected chi connectivity index (χ2v) is 5.93. The van der Waals surface area contributed by atoms with Gasteiger partial charge in [-0.05, 0) is 35.9 Å². The molecule has 2 N–H and O–H groups in total. The fraction of sp³-hybridized carbons (Fsp3) is 0.211. The van der Waals surface area contributed by atoms with Crippen LogP contribution in [0, 0.1) is 17.1 Å². The van der Waals surface area contributed by atoms with Crippen LogP contribution in [0.15, 0.2) is 42.5 Å². The molecule has 0 spiro atoms. The topological polar surface area (TPSA) is 85.2 Å². The van der Waals surface area contributed by atoms with Gasteiger partial charge in [0.05, 0.1) is 17.8 Å². The van der Waals surface area contributed by atoms with E-state index in [-0.39, 0.29) is 23.9 Å².